The minimum atomic E-state index is -4.94. The van der Waals surface area contributed by atoms with Gasteiger partial charge in [-0.05, 0) is 48.6 Å². The van der Waals surface area contributed by atoms with Crippen molar-refractivity contribution in [2.24, 2.45) is 0 Å². The summed E-state index contributed by atoms with van der Waals surface area (Å²) >= 11 is 0. The van der Waals surface area contributed by atoms with Gasteiger partial charge in [-0.1, -0.05) is 48.5 Å². The molecule has 6 nitrogen and oxygen atoms in total. The standard InChI is InChI=1S/C28H27N2.ClHO4/c1-29(2)24-17-15-21(16-18-24)19-22-9-8-10-23-20-30(25-11-4-3-5-12-25)27-14-7-6-13-26(27)28(22)23;2-1(3,4)5/h3-7,11-20H,8-10H2,1-2H3;(H,2,3,4,5)/q+1;/p-1. The van der Waals surface area contributed by atoms with Gasteiger partial charge in [-0.25, -0.2) is 18.6 Å². The van der Waals surface area contributed by atoms with E-state index < -0.39 is 10.2 Å². The van der Waals surface area contributed by atoms with E-state index in [1.807, 2.05) is 0 Å². The van der Waals surface area contributed by atoms with Crippen LogP contribution < -0.4 is 28.1 Å². The van der Waals surface area contributed by atoms with E-state index in [2.05, 4.69) is 115 Å². The smallest absolute Gasteiger partial charge is 0.219 e. The van der Waals surface area contributed by atoms with Crippen LogP contribution in [0.15, 0.2) is 85.1 Å². The van der Waals surface area contributed by atoms with Crippen molar-refractivity contribution in [1.82, 2.24) is 0 Å². The number of halogens is 1. The molecule has 0 unspecified atom stereocenters. The molecule has 0 bridgehead atoms. The molecule has 1 aliphatic rings. The largest absolute Gasteiger partial charge is 0.378 e. The Hall–Kier alpha value is -3.26. The SMILES string of the molecule is CN(C)c1ccc(/C=C2/CCCc3c[n+](-c4ccccc4)c4ccccc4c32)cc1.[O-][Cl+3]([O-])([O-])[O-]. The van der Waals surface area contributed by atoms with E-state index in [9.17, 15) is 0 Å². The number of nitrogens with zero attached hydrogens (tertiary/aromatic N) is 2. The summed E-state index contributed by atoms with van der Waals surface area (Å²) in [5, 5.41) is 1.34. The Bertz CT molecular complexity index is 1330. The first kappa shape index (κ1) is 24.9. The van der Waals surface area contributed by atoms with Gasteiger partial charge in [-0.15, -0.1) is 10.2 Å². The zero-order valence-corrected chi connectivity index (χ0v) is 20.4. The lowest BCUT2D eigenvalue weighted by Crippen LogP contribution is -2.68. The van der Waals surface area contributed by atoms with E-state index in [-0.39, 0.29) is 0 Å². The first-order valence-electron chi connectivity index (χ1n) is 11.3. The fourth-order valence-electron chi connectivity index (χ4n) is 4.54. The van der Waals surface area contributed by atoms with Crippen molar-refractivity contribution in [3.8, 4) is 5.69 Å². The Kier molecular flexibility index (Phi) is 7.50. The van der Waals surface area contributed by atoms with E-state index >= 15 is 0 Å². The van der Waals surface area contributed by atoms with Gasteiger partial charge in [-0.3, -0.25) is 0 Å². The van der Waals surface area contributed by atoms with Crippen molar-refractivity contribution in [2.45, 2.75) is 19.3 Å². The number of pyridine rings is 1. The van der Waals surface area contributed by atoms with Crippen LogP contribution in [-0.4, -0.2) is 14.1 Å². The maximum absolute atomic E-state index is 8.49. The highest BCUT2D eigenvalue weighted by molar-refractivity contribution is 5.97. The Morgan fingerprint density at radius 3 is 2.09 bits per heavy atom. The van der Waals surface area contributed by atoms with Gasteiger partial charge >= 0.3 is 0 Å². The molecule has 3 aromatic carbocycles. The number of aromatic nitrogens is 1. The molecule has 0 N–H and O–H groups in total. The molecule has 35 heavy (non-hydrogen) atoms. The molecule has 1 aliphatic carbocycles. The summed E-state index contributed by atoms with van der Waals surface area (Å²) in [6.07, 6.45) is 8.19. The Morgan fingerprint density at radius 1 is 0.800 bits per heavy atom. The van der Waals surface area contributed by atoms with Crippen molar-refractivity contribution in [1.29, 1.82) is 0 Å². The number of anilines is 1. The molecule has 0 aliphatic heterocycles. The normalized spacial score (nSPS) is 14.3. The lowest BCUT2D eigenvalue weighted by molar-refractivity contribution is -2.00. The molecule has 0 saturated carbocycles. The Morgan fingerprint density at radius 2 is 1.43 bits per heavy atom. The van der Waals surface area contributed by atoms with Gasteiger partial charge in [0.2, 0.25) is 11.2 Å². The highest BCUT2D eigenvalue weighted by Crippen LogP contribution is 2.36. The molecule has 0 atom stereocenters. The van der Waals surface area contributed by atoms with Gasteiger partial charge in [0.1, 0.15) is 0 Å². The first-order chi connectivity index (χ1) is 16.7. The molecule has 1 heterocycles. The predicted octanol–water partition coefficient (Wildman–Crippen LogP) is 1.30. The molecule has 1 aromatic heterocycles. The molecule has 0 spiro atoms. The van der Waals surface area contributed by atoms with Crippen LogP contribution in [0.5, 0.6) is 0 Å². The minimum Gasteiger partial charge on any atom is -0.378 e. The van der Waals surface area contributed by atoms with Gasteiger partial charge in [0.25, 0.3) is 0 Å². The van der Waals surface area contributed by atoms with Crippen molar-refractivity contribution in [2.75, 3.05) is 19.0 Å². The second kappa shape index (κ2) is 10.6. The zero-order chi connectivity index (χ0) is 25.0. The summed E-state index contributed by atoms with van der Waals surface area (Å²) in [5.74, 6) is 0. The van der Waals surface area contributed by atoms with Crippen LogP contribution in [0.2, 0.25) is 0 Å². The maximum atomic E-state index is 8.49. The lowest BCUT2D eigenvalue weighted by Gasteiger charge is -2.20. The molecule has 0 radical (unpaired) electrons. The van der Waals surface area contributed by atoms with Crippen LogP contribution in [-0.2, 0) is 6.42 Å². The number of aryl methyl sites for hydroxylation is 1. The molecule has 0 fully saturated rings. The van der Waals surface area contributed by atoms with Crippen LogP contribution in [0.4, 0.5) is 5.69 Å². The average molecular weight is 491 g/mol. The summed E-state index contributed by atoms with van der Waals surface area (Å²) < 4.78 is 36.3. The quantitative estimate of drug-likeness (QED) is 0.403. The van der Waals surface area contributed by atoms with E-state index in [1.165, 1.54) is 51.0 Å². The molecule has 180 valence electrons. The van der Waals surface area contributed by atoms with Crippen LogP contribution in [0.3, 0.4) is 0 Å². The number of para-hydroxylation sites is 2. The fourth-order valence-corrected chi connectivity index (χ4v) is 4.54. The van der Waals surface area contributed by atoms with Crippen LogP contribution >= 0.6 is 0 Å². The van der Waals surface area contributed by atoms with E-state index in [0.717, 1.165) is 12.8 Å². The van der Waals surface area contributed by atoms with Crippen LogP contribution in [0, 0.1) is 10.2 Å². The number of benzene rings is 3. The number of rotatable bonds is 3. The van der Waals surface area contributed by atoms with Crippen molar-refractivity contribution in [3.05, 3.63) is 102 Å². The highest BCUT2D eigenvalue weighted by atomic mass is 35.7. The number of hydrogen-bond donors (Lipinski definition) is 0. The van der Waals surface area contributed by atoms with Gasteiger partial charge in [0.15, 0.2) is 6.20 Å². The Labute approximate surface area is 207 Å². The topological polar surface area (TPSA) is 99.4 Å². The van der Waals surface area contributed by atoms with E-state index in [0.29, 0.717) is 0 Å². The molecule has 5 rings (SSSR count). The maximum Gasteiger partial charge on any atom is 0.219 e. The average Bonchev–Trinajstić information content (AvgIpc) is 2.83. The van der Waals surface area contributed by atoms with Crippen LogP contribution in [0.1, 0.15) is 29.5 Å². The third-order valence-electron chi connectivity index (χ3n) is 6.04. The van der Waals surface area contributed by atoms with Crippen molar-refractivity contribution in [3.63, 3.8) is 0 Å². The number of allylic oxidation sites excluding steroid dienone is 1. The highest BCUT2D eigenvalue weighted by Gasteiger charge is 2.24. The summed E-state index contributed by atoms with van der Waals surface area (Å²) in [6, 6.07) is 28.3. The third kappa shape index (κ3) is 6.25. The summed E-state index contributed by atoms with van der Waals surface area (Å²) in [7, 11) is -0.780. The summed E-state index contributed by atoms with van der Waals surface area (Å²) in [5.41, 5.74) is 9.30. The van der Waals surface area contributed by atoms with E-state index in [1.54, 1.807) is 0 Å². The summed E-state index contributed by atoms with van der Waals surface area (Å²) in [4.78, 5) is 2.14. The first-order valence-corrected chi connectivity index (χ1v) is 12.6. The molecule has 0 saturated heterocycles. The molecule has 7 heteroatoms. The number of fused-ring (bicyclic) bond motifs is 3. The van der Waals surface area contributed by atoms with Crippen molar-refractivity contribution < 1.29 is 33.4 Å². The lowest BCUT2D eigenvalue weighted by atomic mass is 9.84. The Balaban J connectivity index is 0.000000527. The van der Waals surface area contributed by atoms with Crippen LogP contribution in [0.25, 0.3) is 28.2 Å². The number of hydrogen-bond acceptors (Lipinski definition) is 5. The second-order valence-corrected chi connectivity index (χ2v) is 9.40. The second-order valence-electron chi connectivity index (χ2n) is 8.64. The third-order valence-corrected chi connectivity index (χ3v) is 6.04. The van der Waals surface area contributed by atoms with Gasteiger partial charge < -0.3 is 4.90 Å². The summed E-state index contributed by atoms with van der Waals surface area (Å²) in [6.45, 7) is 0. The van der Waals surface area contributed by atoms with E-state index in [4.69, 9.17) is 18.6 Å². The molecule has 0 amide bonds. The monoisotopic (exact) mass is 490 g/mol. The predicted molar refractivity (Wildman–Crippen MR) is 127 cm³/mol. The minimum absolute atomic E-state index is 1.13. The van der Waals surface area contributed by atoms with Gasteiger partial charge in [0, 0.05) is 49.1 Å². The van der Waals surface area contributed by atoms with Crippen molar-refractivity contribution >= 4 is 28.2 Å². The van der Waals surface area contributed by atoms with Gasteiger partial charge in [0.05, 0.1) is 5.39 Å². The van der Waals surface area contributed by atoms with Gasteiger partial charge in [-0.2, -0.15) is 4.57 Å². The molecular formula is C28H27ClN2O4. The molecular weight excluding hydrogens is 464 g/mol. The molecule has 4 aromatic rings. The zero-order valence-electron chi connectivity index (χ0n) is 19.7. The fraction of sp³-hybridized carbons (Fsp3) is 0.179.